The monoisotopic (exact) mass is 397 g/mol. The van der Waals surface area contributed by atoms with Crippen LogP contribution in [-0.2, 0) is 11.4 Å². The van der Waals surface area contributed by atoms with Gasteiger partial charge < -0.3 is 24.7 Å². The van der Waals surface area contributed by atoms with Crippen LogP contribution in [-0.4, -0.2) is 34.2 Å². The Balaban J connectivity index is 1.90. The molecule has 0 bridgehead atoms. The highest BCUT2D eigenvalue weighted by molar-refractivity contribution is 9.10. The first-order valence-electron chi connectivity index (χ1n) is 6.99. The molecule has 0 fully saturated rings. The minimum Gasteiger partial charge on any atom is -0.486 e. The zero-order valence-corrected chi connectivity index (χ0v) is 14.4. The molecule has 3 N–H and O–H groups in total. The van der Waals surface area contributed by atoms with Gasteiger partial charge >= 0.3 is 5.97 Å². The maximum atomic E-state index is 11.9. The number of carbonyl (C=O) groups is 2. The summed E-state index contributed by atoms with van der Waals surface area (Å²) in [6.07, 6.45) is 0. The van der Waals surface area contributed by atoms with Crippen molar-refractivity contribution in [3.8, 4) is 5.75 Å². The Kier molecular flexibility index (Phi) is 5.63. The van der Waals surface area contributed by atoms with Gasteiger partial charge in [0.1, 0.15) is 18.1 Å². The lowest BCUT2D eigenvalue weighted by molar-refractivity contribution is -0.155. The molecule has 0 aliphatic rings. The summed E-state index contributed by atoms with van der Waals surface area (Å²) >= 11 is 3.34. The molecule has 0 aliphatic carbocycles. The first-order valence-corrected chi connectivity index (χ1v) is 7.78. The molecular formula is C16H16BrNO6. The summed E-state index contributed by atoms with van der Waals surface area (Å²) in [5, 5.41) is 20.6. The van der Waals surface area contributed by atoms with E-state index in [0.717, 1.165) is 11.4 Å². The van der Waals surface area contributed by atoms with Crippen LogP contribution in [0.2, 0.25) is 0 Å². The molecule has 0 radical (unpaired) electrons. The average Bonchev–Trinajstić information content (AvgIpc) is 3.00. The van der Waals surface area contributed by atoms with E-state index in [2.05, 4.69) is 21.2 Å². The molecule has 8 heteroatoms. The molecule has 1 aromatic heterocycles. The Hall–Kier alpha value is -2.32. The van der Waals surface area contributed by atoms with Crippen LogP contribution in [0.3, 0.4) is 0 Å². The number of carbonyl (C=O) groups excluding carboxylic acids is 1. The van der Waals surface area contributed by atoms with Gasteiger partial charge in [-0.1, -0.05) is 22.0 Å². The molecule has 1 amide bonds. The molecule has 1 atom stereocenters. The van der Waals surface area contributed by atoms with Gasteiger partial charge in [-0.2, -0.15) is 0 Å². The van der Waals surface area contributed by atoms with E-state index in [1.807, 2.05) is 12.1 Å². The van der Waals surface area contributed by atoms with Gasteiger partial charge in [0, 0.05) is 4.47 Å². The first-order chi connectivity index (χ1) is 11.3. The van der Waals surface area contributed by atoms with Crippen molar-refractivity contribution in [2.45, 2.75) is 19.1 Å². The normalized spacial score (nSPS) is 13.1. The van der Waals surface area contributed by atoms with E-state index in [9.17, 15) is 14.7 Å². The highest BCUT2D eigenvalue weighted by atomic mass is 79.9. The van der Waals surface area contributed by atoms with E-state index in [4.69, 9.17) is 14.3 Å². The van der Waals surface area contributed by atoms with Crippen molar-refractivity contribution < 1.29 is 29.0 Å². The number of halogens is 1. The molecule has 7 nitrogen and oxygen atoms in total. The number of nitrogens with one attached hydrogen (secondary N) is 1. The molecule has 2 aromatic rings. The van der Waals surface area contributed by atoms with Gasteiger partial charge in [0.2, 0.25) is 0 Å². The summed E-state index contributed by atoms with van der Waals surface area (Å²) < 4.78 is 11.8. The van der Waals surface area contributed by atoms with E-state index in [-0.39, 0.29) is 12.4 Å². The van der Waals surface area contributed by atoms with Crippen LogP contribution in [0.5, 0.6) is 5.75 Å². The van der Waals surface area contributed by atoms with Crippen molar-refractivity contribution in [3.05, 3.63) is 52.4 Å². The molecule has 24 heavy (non-hydrogen) atoms. The molecule has 2 rings (SSSR count). The summed E-state index contributed by atoms with van der Waals surface area (Å²) in [6.45, 7) is 0.789. The second kappa shape index (κ2) is 7.50. The third kappa shape index (κ3) is 4.84. The maximum Gasteiger partial charge on any atom is 0.337 e. The third-order valence-electron chi connectivity index (χ3n) is 3.12. The zero-order chi connectivity index (χ0) is 17.7. The number of furan rings is 1. The van der Waals surface area contributed by atoms with Crippen LogP contribution in [0.25, 0.3) is 0 Å². The van der Waals surface area contributed by atoms with Gasteiger partial charge in [0.15, 0.2) is 11.4 Å². The van der Waals surface area contributed by atoms with Gasteiger partial charge in [-0.3, -0.25) is 4.79 Å². The zero-order valence-electron chi connectivity index (χ0n) is 12.8. The van der Waals surface area contributed by atoms with Crippen LogP contribution in [0.4, 0.5) is 0 Å². The van der Waals surface area contributed by atoms with Crippen molar-refractivity contribution in [2.75, 3.05) is 6.54 Å². The minimum absolute atomic E-state index is 0.00373. The second-order valence-electron chi connectivity index (χ2n) is 5.27. The number of carboxylic acids is 1. The topological polar surface area (TPSA) is 109 Å². The van der Waals surface area contributed by atoms with Crippen molar-refractivity contribution >= 4 is 27.8 Å². The summed E-state index contributed by atoms with van der Waals surface area (Å²) in [6, 6.07) is 10.3. The Bertz CT molecular complexity index is 740. The van der Waals surface area contributed by atoms with Crippen LogP contribution >= 0.6 is 15.9 Å². The number of rotatable bonds is 7. The highest BCUT2D eigenvalue weighted by Crippen LogP contribution is 2.19. The van der Waals surface area contributed by atoms with Gasteiger partial charge in [0.25, 0.3) is 5.91 Å². The summed E-state index contributed by atoms with van der Waals surface area (Å²) in [5.41, 5.74) is -2.05. The lowest BCUT2D eigenvalue weighted by Crippen LogP contribution is -2.46. The average molecular weight is 398 g/mol. The number of hydrogen-bond donors (Lipinski definition) is 3. The molecule has 0 saturated heterocycles. The lowest BCUT2D eigenvalue weighted by atomic mass is 10.1. The summed E-state index contributed by atoms with van der Waals surface area (Å²) in [4.78, 5) is 22.7. The largest absolute Gasteiger partial charge is 0.486 e. The predicted octanol–water partition coefficient (Wildman–Crippen LogP) is 2.19. The van der Waals surface area contributed by atoms with Crippen molar-refractivity contribution in [3.63, 3.8) is 0 Å². The van der Waals surface area contributed by atoms with Gasteiger partial charge in [-0.05, 0) is 37.3 Å². The highest BCUT2D eigenvalue weighted by Gasteiger charge is 2.30. The van der Waals surface area contributed by atoms with E-state index < -0.39 is 24.0 Å². The van der Waals surface area contributed by atoms with Gasteiger partial charge in [0.05, 0.1) is 6.54 Å². The SMILES string of the molecule is CC(O)(CNC(=O)c1ccc(COc2cccc(Br)c2)o1)C(=O)O. The molecule has 1 heterocycles. The summed E-state index contributed by atoms with van der Waals surface area (Å²) in [5.74, 6) is -0.964. The van der Waals surface area contributed by atoms with E-state index in [0.29, 0.717) is 11.5 Å². The smallest absolute Gasteiger partial charge is 0.337 e. The fourth-order valence-electron chi connectivity index (χ4n) is 1.70. The Labute approximate surface area is 146 Å². The Morgan fingerprint density at radius 3 is 2.75 bits per heavy atom. The predicted molar refractivity (Wildman–Crippen MR) is 87.8 cm³/mol. The molecule has 128 valence electrons. The number of aliphatic hydroxyl groups is 1. The quantitative estimate of drug-likeness (QED) is 0.660. The van der Waals surface area contributed by atoms with Crippen LogP contribution in [0.1, 0.15) is 23.2 Å². The molecule has 0 spiro atoms. The Morgan fingerprint density at radius 1 is 1.33 bits per heavy atom. The molecule has 0 aliphatic heterocycles. The Morgan fingerprint density at radius 2 is 2.08 bits per heavy atom. The number of benzene rings is 1. The molecule has 1 unspecified atom stereocenters. The minimum atomic E-state index is -2.05. The molecular weight excluding hydrogens is 382 g/mol. The lowest BCUT2D eigenvalue weighted by Gasteiger charge is -2.17. The number of amides is 1. The van der Waals surface area contributed by atoms with Crippen LogP contribution in [0, 0.1) is 0 Å². The van der Waals surface area contributed by atoms with Crippen molar-refractivity contribution in [1.82, 2.24) is 5.32 Å². The fourth-order valence-corrected chi connectivity index (χ4v) is 2.08. The number of aliphatic carboxylic acids is 1. The molecule has 1 aromatic carbocycles. The third-order valence-corrected chi connectivity index (χ3v) is 3.61. The van der Waals surface area contributed by atoms with Crippen LogP contribution in [0.15, 0.2) is 45.3 Å². The summed E-state index contributed by atoms with van der Waals surface area (Å²) in [7, 11) is 0. The van der Waals surface area contributed by atoms with Crippen LogP contribution < -0.4 is 10.1 Å². The number of hydrogen-bond acceptors (Lipinski definition) is 5. The van der Waals surface area contributed by atoms with Gasteiger partial charge in [-0.25, -0.2) is 4.79 Å². The fraction of sp³-hybridized carbons (Fsp3) is 0.250. The second-order valence-corrected chi connectivity index (χ2v) is 6.19. The van der Waals surface area contributed by atoms with E-state index >= 15 is 0 Å². The number of ether oxygens (including phenoxy) is 1. The van der Waals surface area contributed by atoms with Crippen molar-refractivity contribution in [2.24, 2.45) is 0 Å². The maximum absolute atomic E-state index is 11.9. The first kappa shape index (κ1) is 18.0. The van der Waals surface area contributed by atoms with Crippen molar-refractivity contribution in [1.29, 1.82) is 0 Å². The number of carboxylic acid groups (broad SMARTS) is 1. The van der Waals surface area contributed by atoms with E-state index in [1.54, 1.807) is 18.2 Å². The standard InChI is InChI=1S/C16H16BrNO6/c1-16(22,15(20)21)9-18-14(19)13-6-5-12(24-13)8-23-11-4-2-3-10(17)7-11/h2-7,22H,8-9H2,1H3,(H,18,19)(H,20,21). The molecule has 0 saturated carbocycles. The van der Waals surface area contributed by atoms with E-state index in [1.165, 1.54) is 6.07 Å². The van der Waals surface area contributed by atoms with Gasteiger partial charge in [-0.15, -0.1) is 0 Å².